The van der Waals surface area contributed by atoms with E-state index in [1.165, 1.54) is 0 Å². The summed E-state index contributed by atoms with van der Waals surface area (Å²) in [5.74, 6) is -0.198. The molecule has 22 heavy (non-hydrogen) atoms. The van der Waals surface area contributed by atoms with E-state index in [2.05, 4.69) is 15.5 Å². The first-order valence-corrected chi connectivity index (χ1v) is 6.51. The number of halogens is 2. The van der Waals surface area contributed by atoms with E-state index in [1.807, 2.05) is 44.2 Å². The van der Waals surface area contributed by atoms with Crippen molar-refractivity contribution in [3.05, 3.63) is 42.1 Å². The lowest BCUT2D eigenvalue weighted by molar-refractivity contribution is -0.123. The average molecular weight is 343 g/mol. The Hall–Kier alpha value is -1.69. The van der Waals surface area contributed by atoms with E-state index in [-0.39, 0.29) is 36.6 Å². The molecule has 0 saturated heterocycles. The van der Waals surface area contributed by atoms with Gasteiger partial charge in [0.2, 0.25) is 0 Å². The number of aromatic nitrogens is 1. The molecule has 0 fully saturated rings. The first-order chi connectivity index (χ1) is 9.58. The third-order valence-electron chi connectivity index (χ3n) is 3.04. The van der Waals surface area contributed by atoms with Crippen molar-refractivity contribution < 1.29 is 4.79 Å². The van der Waals surface area contributed by atoms with Gasteiger partial charge in [-0.2, -0.15) is 5.10 Å². The quantitative estimate of drug-likeness (QED) is 0.661. The number of carbonyl (C=O) groups is 1. The number of carbonyl (C=O) groups excluding carboxylic acids is 1. The van der Waals surface area contributed by atoms with E-state index < -0.39 is 6.04 Å². The molecule has 120 valence electrons. The zero-order valence-corrected chi connectivity index (χ0v) is 14.0. The normalized spacial score (nSPS) is 11.8. The van der Waals surface area contributed by atoms with Crippen LogP contribution < -0.4 is 11.2 Å². The predicted molar refractivity (Wildman–Crippen MR) is 94.8 cm³/mol. The Morgan fingerprint density at radius 3 is 2.73 bits per heavy atom. The van der Waals surface area contributed by atoms with Crippen molar-refractivity contribution in [1.82, 2.24) is 10.4 Å². The molecule has 0 bridgehead atoms. The number of pyridine rings is 1. The summed E-state index contributed by atoms with van der Waals surface area (Å²) in [5, 5.41) is 4.96. The lowest BCUT2D eigenvalue weighted by Gasteiger charge is -2.12. The van der Waals surface area contributed by atoms with Gasteiger partial charge in [-0.05, 0) is 29.7 Å². The fourth-order valence-corrected chi connectivity index (χ4v) is 1.72. The highest BCUT2D eigenvalue weighted by atomic mass is 35.5. The van der Waals surface area contributed by atoms with Crippen molar-refractivity contribution in [2.75, 3.05) is 0 Å². The number of nitrogens with two attached hydrogens (primary N) is 1. The molecule has 1 amide bonds. The van der Waals surface area contributed by atoms with Crippen LogP contribution in [0.15, 0.2) is 41.6 Å². The molecule has 5 nitrogen and oxygen atoms in total. The molecule has 0 aliphatic carbocycles. The van der Waals surface area contributed by atoms with Crippen LogP contribution in [0.2, 0.25) is 0 Å². The van der Waals surface area contributed by atoms with Gasteiger partial charge in [0.05, 0.1) is 17.8 Å². The maximum absolute atomic E-state index is 11.6. The number of benzene rings is 1. The Kier molecular flexibility index (Phi) is 8.63. The molecule has 2 aromatic rings. The van der Waals surface area contributed by atoms with Crippen molar-refractivity contribution >= 4 is 47.8 Å². The minimum Gasteiger partial charge on any atom is -0.320 e. The SMILES string of the molecule is CC(C)[C@@H](N)C(=O)N/N=C/c1ccc2ncccc2c1.Cl.Cl. The summed E-state index contributed by atoms with van der Waals surface area (Å²) in [5.41, 5.74) is 9.99. The number of nitrogens with zero attached hydrogens (tertiary/aromatic N) is 2. The Morgan fingerprint density at radius 2 is 2.05 bits per heavy atom. The van der Waals surface area contributed by atoms with Crippen LogP contribution in [0, 0.1) is 5.92 Å². The van der Waals surface area contributed by atoms with Gasteiger partial charge in [0.1, 0.15) is 0 Å². The Balaban J connectivity index is 0.00000220. The van der Waals surface area contributed by atoms with Gasteiger partial charge < -0.3 is 5.73 Å². The largest absolute Gasteiger partial charge is 0.320 e. The number of hydrogen-bond acceptors (Lipinski definition) is 4. The van der Waals surface area contributed by atoms with Gasteiger partial charge in [-0.15, -0.1) is 24.8 Å². The molecule has 0 saturated carbocycles. The molecular formula is C15H20Cl2N4O. The molecule has 0 spiro atoms. The Morgan fingerprint density at radius 1 is 1.32 bits per heavy atom. The van der Waals surface area contributed by atoms with Gasteiger partial charge in [-0.3, -0.25) is 9.78 Å². The van der Waals surface area contributed by atoms with Crippen LogP contribution in [-0.2, 0) is 4.79 Å². The van der Waals surface area contributed by atoms with E-state index in [0.29, 0.717) is 0 Å². The highest BCUT2D eigenvalue weighted by molar-refractivity contribution is 5.89. The van der Waals surface area contributed by atoms with Gasteiger partial charge in [-0.25, -0.2) is 5.43 Å². The third-order valence-corrected chi connectivity index (χ3v) is 3.04. The van der Waals surface area contributed by atoms with Crippen molar-refractivity contribution in [3.8, 4) is 0 Å². The van der Waals surface area contributed by atoms with Crippen molar-refractivity contribution in [3.63, 3.8) is 0 Å². The summed E-state index contributed by atoms with van der Waals surface area (Å²) in [6, 6.07) is 9.08. The molecule has 2 rings (SSSR count). The number of hydrazone groups is 1. The summed E-state index contributed by atoms with van der Waals surface area (Å²) in [6.45, 7) is 3.79. The lowest BCUT2D eigenvalue weighted by atomic mass is 10.1. The zero-order valence-electron chi connectivity index (χ0n) is 12.4. The monoisotopic (exact) mass is 342 g/mol. The number of rotatable bonds is 4. The van der Waals surface area contributed by atoms with Crippen LogP contribution in [0.1, 0.15) is 19.4 Å². The second-order valence-electron chi connectivity index (χ2n) is 4.96. The molecule has 0 aliphatic heterocycles. The first-order valence-electron chi connectivity index (χ1n) is 6.51. The van der Waals surface area contributed by atoms with Gasteiger partial charge in [0.15, 0.2) is 0 Å². The van der Waals surface area contributed by atoms with Crippen LogP contribution >= 0.6 is 24.8 Å². The first kappa shape index (κ1) is 20.3. The maximum Gasteiger partial charge on any atom is 0.257 e. The fourth-order valence-electron chi connectivity index (χ4n) is 1.72. The standard InChI is InChI=1S/C15H18N4O.2ClH/c1-10(2)14(16)15(20)19-18-9-11-5-6-13-12(8-11)4-3-7-17-13;;/h3-10,14H,16H2,1-2H3,(H,19,20);2*1H/b18-9+;;/t14-;;/m1../s1. The van der Waals surface area contributed by atoms with Crippen LogP contribution in [0.3, 0.4) is 0 Å². The second-order valence-corrected chi connectivity index (χ2v) is 4.96. The van der Waals surface area contributed by atoms with E-state index in [0.717, 1.165) is 16.5 Å². The zero-order chi connectivity index (χ0) is 14.5. The number of fused-ring (bicyclic) bond motifs is 1. The van der Waals surface area contributed by atoms with Crippen molar-refractivity contribution in [1.29, 1.82) is 0 Å². The summed E-state index contributed by atoms with van der Waals surface area (Å²) < 4.78 is 0. The van der Waals surface area contributed by atoms with Crippen LogP contribution in [0.4, 0.5) is 0 Å². The minimum absolute atomic E-state index is 0. The van der Waals surface area contributed by atoms with E-state index >= 15 is 0 Å². The lowest BCUT2D eigenvalue weighted by Crippen LogP contribution is -2.42. The summed E-state index contributed by atoms with van der Waals surface area (Å²) in [6.07, 6.45) is 3.35. The predicted octanol–water partition coefficient (Wildman–Crippen LogP) is 2.51. The topological polar surface area (TPSA) is 80.4 Å². The Labute approximate surface area is 142 Å². The van der Waals surface area contributed by atoms with Crippen LogP contribution in [0.25, 0.3) is 10.9 Å². The average Bonchev–Trinajstić information content (AvgIpc) is 2.46. The molecule has 7 heteroatoms. The summed E-state index contributed by atoms with van der Waals surface area (Å²) in [7, 11) is 0. The van der Waals surface area contributed by atoms with Gasteiger partial charge >= 0.3 is 0 Å². The van der Waals surface area contributed by atoms with E-state index in [4.69, 9.17) is 5.73 Å². The van der Waals surface area contributed by atoms with Crippen LogP contribution in [-0.4, -0.2) is 23.1 Å². The van der Waals surface area contributed by atoms with E-state index in [9.17, 15) is 4.79 Å². The third kappa shape index (κ3) is 5.26. The van der Waals surface area contributed by atoms with E-state index in [1.54, 1.807) is 12.4 Å². The van der Waals surface area contributed by atoms with Crippen molar-refractivity contribution in [2.45, 2.75) is 19.9 Å². The number of amides is 1. The molecule has 1 aromatic heterocycles. The summed E-state index contributed by atoms with van der Waals surface area (Å²) in [4.78, 5) is 15.9. The molecule has 0 radical (unpaired) electrons. The number of nitrogens with one attached hydrogen (secondary N) is 1. The van der Waals surface area contributed by atoms with Gasteiger partial charge in [-0.1, -0.05) is 26.0 Å². The molecule has 0 unspecified atom stereocenters. The molecule has 1 atom stereocenters. The van der Waals surface area contributed by atoms with Gasteiger partial charge in [0.25, 0.3) is 5.91 Å². The van der Waals surface area contributed by atoms with Gasteiger partial charge in [0, 0.05) is 11.6 Å². The molecule has 0 aliphatic rings. The second kappa shape index (κ2) is 9.35. The molecule has 3 N–H and O–H groups in total. The highest BCUT2D eigenvalue weighted by Gasteiger charge is 2.15. The fraction of sp³-hybridized carbons (Fsp3) is 0.267. The van der Waals surface area contributed by atoms with Crippen LogP contribution in [0.5, 0.6) is 0 Å². The molecule has 1 aromatic carbocycles. The Bertz CT molecular complexity index is 646. The maximum atomic E-state index is 11.6. The molecule has 1 heterocycles. The minimum atomic E-state index is -0.548. The van der Waals surface area contributed by atoms with Crippen molar-refractivity contribution in [2.24, 2.45) is 16.8 Å². The summed E-state index contributed by atoms with van der Waals surface area (Å²) >= 11 is 0. The number of hydrogen-bond donors (Lipinski definition) is 2. The molecular weight excluding hydrogens is 323 g/mol. The smallest absolute Gasteiger partial charge is 0.257 e. The highest BCUT2D eigenvalue weighted by Crippen LogP contribution is 2.11.